The third-order valence-corrected chi connectivity index (χ3v) is 9.98. The number of ether oxygens (including phenoxy) is 5. The number of carbonyl (C=O) groups excluding carboxylic acids is 3. The number of benzene rings is 2. The largest absolute Gasteiger partial charge is 1.00 e. The molecule has 0 saturated carbocycles. The number of carboxylic acid groups (broad SMARTS) is 1. The Morgan fingerprint density at radius 3 is 1.74 bits per heavy atom. The van der Waals surface area contributed by atoms with Crippen molar-refractivity contribution in [1.29, 1.82) is 10.5 Å². The molecule has 0 aliphatic carbocycles. The molecule has 0 radical (unpaired) electrons. The van der Waals surface area contributed by atoms with E-state index in [2.05, 4.69) is 30.3 Å². The quantitative estimate of drug-likeness (QED) is 0.0379. The van der Waals surface area contributed by atoms with E-state index in [9.17, 15) is 19.2 Å². The maximum absolute atomic E-state index is 12.0. The van der Waals surface area contributed by atoms with Crippen molar-refractivity contribution in [2.24, 2.45) is 5.10 Å². The second kappa shape index (κ2) is 28.3. The third-order valence-electron chi connectivity index (χ3n) is 7.34. The number of nitrogens with one attached hydrogen (secondary N) is 2. The van der Waals surface area contributed by atoms with E-state index in [1.165, 1.54) is 67.3 Å². The molecule has 5 rings (SSSR count). The van der Waals surface area contributed by atoms with Crippen LogP contribution >= 0.6 is 69.9 Å². The van der Waals surface area contributed by atoms with Gasteiger partial charge >= 0.3 is 63.0 Å². The van der Waals surface area contributed by atoms with Gasteiger partial charge in [0.1, 0.15) is 18.6 Å². The van der Waals surface area contributed by atoms with Crippen LogP contribution in [0.2, 0.25) is 20.1 Å². The van der Waals surface area contributed by atoms with Crippen LogP contribution in [-0.2, 0) is 19.1 Å². The van der Waals surface area contributed by atoms with E-state index < -0.39 is 46.8 Å². The van der Waals surface area contributed by atoms with E-state index in [4.69, 9.17) is 85.8 Å². The molecule has 0 spiro atoms. The first-order chi connectivity index (χ1) is 30.9. The molecule has 5 aromatic rings. The Kier molecular flexibility index (Phi) is 24.6. The third kappa shape index (κ3) is 16.8. The SMILES string of the molecule is CC(=O)[O-].CCOC(=O)CC(=O)/C(C#N)=N\Nc1cc(Cl)c(Oc2cc(SC)c(OC)cn2)c(Cl)c1.COc1cnc(Oc2c(Cl)cc(-n3nc(C#N)c(=O)[nH]c3=O)cc2Cl)cc1SC.[K+]. The van der Waals surface area contributed by atoms with Crippen LogP contribution in [0.15, 0.2) is 73.3 Å². The summed E-state index contributed by atoms with van der Waals surface area (Å²) in [4.78, 5) is 67.7. The number of aliphatic carboxylic acids is 1. The van der Waals surface area contributed by atoms with E-state index in [1.807, 2.05) is 17.5 Å². The van der Waals surface area contributed by atoms with Crippen LogP contribution in [-0.4, -0.2) is 81.5 Å². The van der Waals surface area contributed by atoms with E-state index in [0.29, 0.717) is 11.5 Å². The van der Waals surface area contributed by atoms with Crippen molar-refractivity contribution < 1.29 is 94.6 Å². The van der Waals surface area contributed by atoms with Gasteiger partial charge < -0.3 is 33.6 Å². The molecule has 0 bridgehead atoms. The molecule has 3 heterocycles. The number of esters is 1. The summed E-state index contributed by atoms with van der Waals surface area (Å²) in [6.07, 6.45) is 6.19. The van der Waals surface area contributed by atoms with Crippen molar-refractivity contribution in [3.8, 4) is 52.6 Å². The normalized spacial score (nSPS) is 10.2. The number of carbonyl (C=O) groups is 3. The second-order valence-electron chi connectivity index (χ2n) is 11.7. The number of rotatable bonds is 15. The molecule has 0 amide bonds. The molecule has 66 heavy (non-hydrogen) atoms. The molecule has 20 nitrogen and oxygen atoms in total. The molecular formula is C39H32Cl4KN9O11S2. The number of aromatic amines is 1. The van der Waals surface area contributed by atoms with Crippen molar-refractivity contribution >= 4 is 99.0 Å². The predicted octanol–water partition coefficient (Wildman–Crippen LogP) is 3.50. The average Bonchev–Trinajstić information content (AvgIpc) is 3.26. The summed E-state index contributed by atoms with van der Waals surface area (Å²) in [6.45, 7) is 2.70. The van der Waals surface area contributed by atoms with Gasteiger partial charge in [0, 0.05) is 18.1 Å². The van der Waals surface area contributed by atoms with E-state index in [0.717, 1.165) is 21.4 Å². The minimum Gasteiger partial charge on any atom is -0.550 e. The number of carboxylic acids is 1. The minimum absolute atomic E-state index is 0. The molecule has 0 fully saturated rings. The Labute approximate surface area is 446 Å². The van der Waals surface area contributed by atoms with E-state index in [-0.39, 0.29) is 113 Å². The van der Waals surface area contributed by atoms with E-state index >= 15 is 0 Å². The van der Waals surface area contributed by atoms with Crippen LogP contribution in [0.4, 0.5) is 5.69 Å². The number of ketones is 1. The van der Waals surface area contributed by atoms with Crippen molar-refractivity contribution in [1.82, 2.24) is 24.7 Å². The molecule has 3 aromatic heterocycles. The molecular weight excluding hydrogens is 1020 g/mol. The van der Waals surface area contributed by atoms with Crippen molar-refractivity contribution in [3.05, 3.63) is 95.4 Å². The maximum atomic E-state index is 12.0. The first-order valence-corrected chi connectivity index (χ1v) is 21.6. The number of Topliss-reactive ketones (excluding diaryl/α,β-unsaturated/α-hetero) is 1. The number of nitrogens with zero attached hydrogens (tertiary/aromatic N) is 7. The van der Waals surface area contributed by atoms with Gasteiger partial charge in [0.25, 0.3) is 5.56 Å². The molecule has 27 heteroatoms. The topological polar surface area (TPSA) is 286 Å². The smallest absolute Gasteiger partial charge is 0.550 e. The number of methoxy groups -OCH3 is 2. The average molecular weight is 1050 g/mol. The number of anilines is 1. The molecule has 0 atom stereocenters. The minimum atomic E-state index is -1.08. The van der Waals surface area contributed by atoms with Crippen LogP contribution in [0.5, 0.6) is 34.8 Å². The van der Waals surface area contributed by atoms with Crippen LogP contribution in [0, 0.1) is 22.7 Å². The Morgan fingerprint density at radius 2 is 1.33 bits per heavy atom. The van der Waals surface area contributed by atoms with Gasteiger partial charge in [0.05, 0.1) is 74.5 Å². The van der Waals surface area contributed by atoms with Gasteiger partial charge in [-0.05, 0) is 50.6 Å². The first-order valence-electron chi connectivity index (χ1n) is 17.7. The predicted molar refractivity (Wildman–Crippen MR) is 241 cm³/mol. The maximum Gasteiger partial charge on any atom is 1.00 e. The zero-order valence-electron chi connectivity index (χ0n) is 35.5. The summed E-state index contributed by atoms with van der Waals surface area (Å²) < 4.78 is 27.4. The Morgan fingerprint density at radius 1 is 0.864 bits per heavy atom. The molecule has 0 saturated heterocycles. The fourth-order valence-corrected chi connectivity index (χ4v) is 6.82. The van der Waals surface area contributed by atoms with Gasteiger partial charge in [0.2, 0.25) is 28.9 Å². The molecule has 340 valence electrons. The number of pyridine rings is 2. The van der Waals surface area contributed by atoms with Gasteiger partial charge in [-0.15, -0.1) is 28.6 Å². The summed E-state index contributed by atoms with van der Waals surface area (Å²) >= 11 is 28.0. The van der Waals surface area contributed by atoms with Gasteiger partial charge in [-0.1, -0.05) is 46.4 Å². The standard InChI is InChI=1S/C20H18Cl2N4O5S.C17H11Cl2N5O4S.C2H4O2.K/c1-4-30-19(28)7-15(27)14(9-23)26-25-11-5-12(21)20(13(22)6-11)31-18-8-17(32-3)16(29-2)10-24-18;1-27-12-7-21-14(5-13(12)29-2)28-15-9(18)3-8(4-10(15)19)24-17(26)22-16(25)11(6-20)23-24;1-2(3)4;/h5-6,8,10,25H,4,7H2,1-3H3;3-5,7H,1-2H3,(H,22,25,26);1H3,(H,3,4);/q;;;+1/p-1/b26-14-;;;. The Hall–Kier alpha value is -4.89. The number of thioether (sulfide) groups is 2. The van der Waals surface area contributed by atoms with E-state index in [1.54, 1.807) is 38.3 Å². The number of aromatic nitrogens is 5. The van der Waals surface area contributed by atoms with Gasteiger partial charge in [-0.25, -0.2) is 14.8 Å². The Bertz CT molecular complexity index is 2770. The number of halogens is 4. The number of hydrazone groups is 1. The van der Waals surface area contributed by atoms with Crippen molar-refractivity contribution in [2.75, 3.05) is 38.8 Å². The number of H-pyrrole nitrogens is 1. The van der Waals surface area contributed by atoms with Gasteiger partial charge in [-0.3, -0.25) is 24.8 Å². The monoisotopic (exact) mass is 1050 g/mol. The van der Waals surface area contributed by atoms with Gasteiger partial charge in [0.15, 0.2) is 23.0 Å². The fourth-order valence-electron chi connectivity index (χ4n) is 4.59. The van der Waals surface area contributed by atoms with Crippen LogP contribution in [0.1, 0.15) is 26.0 Å². The molecule has 0 aliphatic heterocycles. The summed E-state index contributed by atoms with van der Waals surface area (Å²) in [5.41, 5.74) is 0.223. The van der Waals surface area contributed by atoms with Crippen molar-refractivity contribution in [3.63, 3.8) is 0 Å². The molecule has 0 unspecified atom stereocenters. The first kappa shape index (κ1) is 57.2. The molecule has 2 N–H and O–H groups in total. The number of nitriles is 2. The summed E-state index contributed by atoms with van der Waals surface area (Å²) in [6, 6.07) is 12.2. The number of hydrogen-bond donors (Lipinski definition) is 2. The molecule has 2 aromatic carbocycles. The second-order valence-corrected chi connectivity index (χ2v) is 15.0. The van der Waals surface area contributed by atoms with Crippen LogP contribution in [0.3, 0.4) is 0 Å². The van der Waals surface area contributed by atoms with Gasteiger partial charge in [-0.2, -0.15) is 20.3 Å². The summed E-state index contributed by atoms with van der Waals surface area (Å²) in [7, 11) is 3.08. The van der Waals surface area contributed by atoms with Crippen LogP contribution in [0.25, 0.3) is 5.69 Å². The van der Waals surface area contributed by atoms with Crippen molar-refractivity contribution in [2.45, 2.75) is 30.1 Å². The summed E-state index contributed by atoms with van der Waals surface area (Å²) in [5, 5.41) is 34.8. The Balaban J connectivity index is 0.000000415. The van der Waals surface area contributed by atoms with Crippen LogP contribution < -0.4 is 92.1 Å². The number of hydrogen-bond acceptors (Lipinski definition) is 20. The zero-order chi connectivity index (χ0) is 48.4. The fraction of sp³-hybridized carbons (Fsp3) is 0.205. The zero-order valence-corrected chi connectivity index (χ0v) is 43.3. The summed E-state index contributed by atoms with van der Waals surface area (Å²) in [5.74, 6) is -0.659. The molecule has 0 aliphatic rings.